The molecule has 0 radical (unpaired) electrons. The Labute approximate surface area is 84.0 Å². The molecule has 1 N–H and O–H groups in total. The highest BCUT2D eigenvalue weighted by Gasteiger charge is 2.21. The normalized spacial score (nSPS) is 10.6. The van der Waals surface area contributed by atoms with E-state index >= 15 is 0 Å². The van der Waals surface area contributed by atoms with Gasteiger partial charge in [-0.1, -0.05) is 0 Å². The molecule has 1 aromatic rings. The summed E-state index contributed by atoms with van der Waals surface area (Å²) in [4.78, 5) is 22.3. The van der Waals surface area contributed by atoms with Crippen molar-refractivity contribution in [1.29, 1.82) is 0 Å². The number of halogens is 3. The SMILES string of the molecule is O=c1cc([N+](=O)[O-])[nH]c(Br)c1C(F)F. The van der Waals surface area contributed by atoms with Gasteiger partial charge in [0.25, 0.3) is 6.43 Å². The van der Waals surface area contributed by atoms with Gasteiger partial charge in [0.1, 0.15) is 5.56 Å². The van der Waals surface area contributed by atoms with Gasteiger partial charge in [-0.3, -0.25) is 4.79 Å². The molecule has 0 saturated heterocycles. The highest BCUT2D eigenvalue weighted by Crippen LogP contribution is 2.23. The molecule has 1 heterocycles. The van der Waals surface area contributed by atoms with Gasteiger partial charge in [-0.2, -0.15) is 0 Å². The van der Waals surface area contributed by atoms with Gasteiger partial charge in [-0.05, 0) is 20.9 Å². The van der Waals surface area contributed by atoms with Crippen LogP contribution in [0.2, 0.25) is 0 Å². The third-order valence-electron chi connectivity index (χ3n) is 1.42. The first-order valence-electron chi connectivity index (χ1n) is 3.28. The molecular formula is C6H3BrF2N2O3. The standard InChI is InChI=1S/C6H3BrF2N2O3/c7-5-4(6(8)9)2(12)1-3(10-5)11(13)14/h1,6H,(H,10,12). The maximum atomic E-state index is 12.2. The number of nitro groups is 1. The molecule has 14 heavy (non-hydrogen) atoms. The first kappa shape index (κ1) is 10.8. The van der Waals surface area contributed by atoms with Crippen LogP contribution in [0.3, 0.4) is 0 Å². The van der Waals surface area contributed by atoms with E-state index in [0.29, 0.717) is 6.07 Å². The van der Waals surface area contributed by atoms with Crippen LogP contribution < -0.4 is 5.43 Å². The highest BCUT2D eigenvalue weighted by atomic mass is 79.9. The zero-order chi connectivity index (χ0) is 10.9. The number of pyridine rings is 1. The van der Waals surface area contributed by atoms with Crippen molar-refractivity contribution in [3.8, 4) is 0 Å². The summed E-state index contributed by atoms with van der Waals surface area (Å²) in [5.74, 6) is -0.633. The Balaban J connectivity index is 3.40. The number of alkyl halides is 2. The molecule has 0 spiro atoms. The van der Waals surface area contributed by atoms with Crippen LogP contribution in [-0.4, -0.2) is 9.91 Å². The second-order valence-electron chi connectivity index (χ2n) is 2.30. The number of aromatic amines is 1. The molecule has 76 valence electrons. The van der Waals surface area contributed by atoms with Crippen LogP contribution >= 0.6 is 15.9 Å². The molecular weight excluding hydrogens is 266 g/mol. The Morgan fingerprint density at radius 1 is 1.57 bits per heavy atom. The number of H-pyrrole nitrogens is 1. The summed E-state index contributed by atoms with van der Waals surface area (Å²) < 4.78 is 24.0. The van der Waals surface area contributed by atoms with E-state index in [-0.39, 0.29) is 4.60 Å². The number of nitrogens with zero attached hydrogens (tertiary/aromatic N) is 1. The molecule has 0 fully saturated rings. The van der Waals surface area contributed by atoms with Crippen LogP contribution in [-0.2, 0) is 0 Å². The lowest BCUT2D eigenvalue weighted by molar-refractivity contribution is -0.389. The van der Waals surface area contributed by atoms with E-state index in [0.717, 1.165) is 0 Å². The fourth-order valence-electron chi connectivity index (χ4n) is 0.828. The third-order valence-corrected chi connectivity index (χ3v) is 2.05. The minimum Gasteiger partial charge on any atom is -0.358 e. The summed E-state index contributed by atoms with van der Waals surface area (Å²) in [7, 11) is 0. The molecule has 0 atom stereocenters. The Morgan fingerprint density at radius 3 is 2.50 bits per heavy atom. The Bertz CT molecular complexity index is 432. The van der Waals surface area contributed by atoms with E-state index in [9.17, 15) is 23.7 Å². The topological polar surface area (TPSA) is 76.0 Å². The molecule has 0 bridgehead atoms. The summed E-state index contributed by atoms with van der Waals surface area (Å²) in [6.07, 6.45) is -2.98. The minimum absolute atomic E-state index is 0.369. The second-order valence-corrected chi connectivity index (χ2v) is 3.10. The van der Waals surface area contributed by atoms with Crippen LogP contribution in [0.4, 0.5) is 14.6 Å². The van der Waals surface area contributed by atoms with Crippen LogP contribution in [0.25, 0.3) is 0 Å². The lowest BCUT2D eigenvalue weighted by Crippen LogP contribution is -2.12. The summed E-state index contributed by atoms with van der Waals surface area (Å²) in [6.45, 7) is 0. The van der Waals surface area contributed by atoms with Crippen molar-refractivity contribution >= 4 is 21.7 Å². The molecule has 0 saturated carbocycles. The van der Waals surface area contributed by atoms with Gasteiger partial charge < -0.3 is 10.1 Å². The number of hydrogen-bond acceptors (Lipinski definition) is 3. The average Bonchev–Trinajstić information content (AvgIpc) is 2.01. The smallest absolute Gasteiger partial charge is 0.325 e. The monoisotopic (exact) mass is 268 g/mol. The van der Waals surface area contributed by atoms with Crippen molar-refractivity contribution in [2.45, 2.75) is 6.43 Å². The van der Waals surface area contributed by atoms with Crippen molar-refractivity contribution in [2.75, 3.05) is 0 Å². The van der Waals surface area contributed by atoms with Gasteiger partial charge >= 0.3 is 5.82 Å². The van der Waals surface area contributed by atoms with Gasteiger partial charge in [0.15, 0.2) is 4.60 Å². The predicted octanol–water partition coefficient (Wildman–Crippen LogP) is 1.98. The minimum atomic E-state index is -2.98. The number of aromatic nitrogens is 1. The van der Waals surface area contributed by atoms with Crippen molar-refractivity contribution in [1.82, 2.24) is 4.98 Å². The van der Waals surface area contributed by atoms with Crippen LogP contribution in [0.1, 0.15) is 12.0 Å². The van der Waals surface area contributed by atoms with E-state index in [1.54, 1.807) is 0 Å². The van der Waals surface area contributed by atoms with E-state index < -0.39 is 28.2 Å². The van der Waals surface area contributed by atoms with Crippen molar-refractivity contribution in [3.05, 3.63) is 36.6 Å². The van der Waals surface area contributed by atoms with Gasteiger partial charge in [0.05, 0.1) is 6.07 Å². The van der Waals surface area contributed by atoms with E-state index in [2.05, 4.69) is 15.9 Å². The summed E-state index contributed by atoms with van der Waals surface area (Å²) in [5, 5.41) is 10.2. The largest absolute Gasteiger partial charge is 0.358 e. The zero-order valence-electron chi connectivity index (χ0n) is 6.46. The first-order chi connectivity index (χ1) is 6.43. The van der Waals surface area contributed by atoms with Gasteiger partial charge in [0, 0.05) is 0 Å². The predicted molar refractivity (Wildman–Crippen MR) is 46.4 cm³/mol. The molecule has 0 aliphatic carbocycles. The molecule has 0 aliphatic heterocycles. The lowest BCUT2D eigenvalue weighted by Gasteiger charge is -2.00. The molecule has 0 aliphatic rings. The number of rotatable bonds is 2. The molecule has 0 unspecified atom stereocenters. The molecule has 0 aromatic carbocycles. The lowest BCUT2D eigenvalue weighted by atomic mass is 10.3. The molecule has 1 aromatic heterocycles. The first-order valence-corrected chi connectivity index (χ1v) is 4.08. The van der Waals surface area contributed by atoms with E-state index in [1.807, 2.05) is 4.98 Å². The average molecular weight is 269 g/mol. The number of hydrogen-bond donors (Lipinski definition) is 1. The quantitative estimate of drug-likeness (QED) is 0.506. The van der Waals surface area contributed by atoms with Crippen LogP contribution in [0, 0.1) is 10.1 Å². The van der Waals surface area contributed by atoms with Crippen LogP contribution in [0.15, 0.2) is 15.5 Å². The maximum absolute atomic E-state index is 12.2. The second kappa shape index (κ2) is 3.82. The molecule has 8 heteroatoms. The van der Waals surface area contributed by atoms with Crippen molar-refractivity contribution in [3.63, 3.8) is 0 Å². The van der Waals surface area contributed by atoms with E-state index in [1.165, 1.54) is 0 Å². The van der Waals surface area contributed by atoms with Gasteiger partial charge in [-0.25, -0.2) is 13.8 Å². The number of nitrogens with one attached hydrogen (secondary N) is 1. The Kier molecular flexibility index (Phi) is 2.94. The molecule has 1 rings (SSSR count). The summed E-state index contributed by atoms with van der Waals surface area (Å²) in [6, 6.07) is 0.520. The molecule has 5 nitrogen and oxygen atoms in total. The van der Waals surface area contributed by atoms with Gasteiger partial charge in [-0.15, -0.1) is 0 Å². The Morgan fingerprint density at radius 2 is 2.14 bits per heavy atom. The highest BCUT2D eigenvalue weighted by molar-refractivity contribution is 9.10. The zero-order valence-corrected chi connectivity index (χ0v) is 8.05. The molecule has 0 amide bonds. The van der Waals surface area contributed by atoms with Gasteiger partial charge in [0.2, 0.25) is 5.43 Å². The van der Waals surface area contributed by atoms with E-state index in [4.69, 9.17) is 0 Å². The maximum Gasteiger partial charge on any atom is 0.325 e. The Hall–Kier alpha value is -1.31. The van der Waals surface area contributed by atoms with Crippen molar-refractivity contribution in [2.24, 2.45) is 0 Å². The summed E-state index contributed by atoms with van der Waals surface area (Å²) in [5.41, 5.74) is -1.88. The summed E-state index contributed by atoms with van der Waals surface area (Å²) >= 11 is 2.63. The fourth-order valence-corrected chi connectivity index (χ4v) is 1.40. The van der Waals surface area contributed by atoms with Crippen LogP contribution in [0.5, 0.6) is 0 Å². The third kappa shape index (κ3) is 1.95. The van der Waals surface area contributed by atoms with Crippen molar-refractivity contribution < 1.29 is 13.7 Å². The fraction of sp³-hybridized carbons (Fsp3) is 0.167.